The molecule has 4 nitrogen and oxygen atoms in total. The Morgan fingerprint density at radius 3 is 2.45 bits per heavy atom. The average molecular weight is 280 g/mol. The van der Waals surface area contributed by atoms with Crippen LogP contribution in [0.5, 0.6) is 0 Å². The molecule has 0 saturated carbocycles. The van der Waals surface area contributed by atoms with Crippen LogP contribution in [0.3, 0.4) is 0 Å². The Morgan fingerprint density at radius 1 is 1.20 bits per heavy atom. The molecule has 0 bridgehead atoms. The van der Waals surface area contributed by atoms with Gasteiger partial charge in [0.2, 0.25) is 0 Å². The highest BCUT2D eigenvalue weighted by molar-refractivity contribution is 5.22. The molecule has 0 aliphatic heterocycles. The maximum atomic E-state index is 10.7. The average Bonchev–Trinajstić information content (AvgIpc) is 2.51. The molecule has 0 amide bonds. The lowest BCUT2D eigenvalue weighted by Crippen LogP contribution is -2.39. The number of nitrogens with zero attached hydrogens (tertiary/aromatic N) is 1. The lowest BCUT2D eigenvalue weighted by Gasteiger charge is -2.30. The number of hydrogen-bond acceptors (Lipinski definition) is 4. The van der Waals surface area contributed by atoms with E-state index in [1.54, 1.807) is 0 Å². The lowest BCUT2D eigenvalue weighted by molar-refractivity contribution is 0.0225. The van der Waals surface area contributed by atoms with Gasteiger partial charge in [0.25, 0.3) is 0 Å². The molecule has 1 rings (SSSR count). The molecule has 0 heterocycles. The first-order chi connectivity index (χ1) is 9.66. The highest BCUT2D eigenvalue weighted by Crippen LogP contribution is 2.23. The van der Waals surface area contributed by atoms with Crippen molar-refractivity contribution in [2.45, 2.75) is 25.9 Å². The molecule has 4 heteroatoms. The normalized spacial score (nSPS) is 14.4. The number of likely N-dealkylation sites (N-methyl/N-ethyl adjacent to an activating group) is 1. The SMILES string of the molecule is CCOCCN(CC)CCC(O)(CN)c1ccccc1. The molecule has 0 radical (unpaired) electrons. The first-order valence-corrected chi connectivity index (χ1v) is 7.44. The van der Waals surface area contributed by atoms with Crippen LogP contribution in [0.4, 0.5) is 0 Å². The van der Waals surface area contributed by atoms with Gasteiger partial charge in [0.15, 0.2) is 0 Å². The van der Waals surface area contributed by atoms with E-state index in [4.69, 9.17) is 10.5 Å². The molecule has 0 aliphatic carbocycles. The van der Waals surface area contributed by atoms with Crippen molar-refractivity contribution in [3.8, 4) is 0 Å². The molecular formula is C16H28N2O2. The predicted octanol–water partition coefficient (Wildman–Crippen LogP) is 1.58. The Bertz CT molecular complexity index is 359. The summed E-state index contributed by atoms with van der Waals surface area (Å²) in [7, 11) is 0. The molecule has 0 fully saturated rings. The molecule has 1 aromatic rings. The van der Waals surface area contributed by atoms with Crippen LogP contribution in [0.1, 0.15) is 25.8 Å². The molecule has 0 aromatic heterocycles. The zero-order valence-electron chi connectivity index (χ0n) is 12.7. The van der Waals surface area contributed by atoms with E-state index in [1.165, 1.54) is 0 Å². The van der Waals surface area contributed by atoms with E-state index in [9.17, 15) is 5.11 Å². The monoisotopic (exact) mass is 280 g/mol. The summed E-state index contributed by atoms with van der Waals surface area (Å²) in [4.78, 5) is 2.28. The second-order valence-corrected chi connectivity index (χ2v) is 4.98. The van der Waals surface area contributed by atoms with Gasteiger partial charge in [0, 0.05) is 26.2 Å². The van der Waals surface area contributed by atoms with Crippen LogP contribution in [-0.2, 0) is 10.3 Å². The smallest absolute Gasteiger partial charge is 0.103 e. The molecule has 3 N–H and O–H groups in total. The first kappa shape index (κ1) is 17.1. The molecule has 20 heavy (non-hydrogen) atoms. The van der Waals surface area contributed by atoms with E-state index in [0.717, 1.165) is 38.4 Å². The van der Waals surface area contributed by atoms with E-state index in [2.05, 4.69) is 11.8 Å². The minimum absolute atomic E-state index is 0.236. The third-order valence-corrected chi connectivity index (χ3v) is 3.69. The molecule has 0 saturated heterocycles. The molecule has 1 aromatic carbocycles. The predicted molar refractivity (Wildman–Crippen MR) is 82.6 cm³/mol. The van der Waals surface area contributed by atoms with Crippen LogP contribution in [0.2, 0.25) is 0 Å². The van der Waals surface area contributed by atoms with Gasteiger partial charge >= 0.3 is 0 Å². The van der Waals surface area contributed by atoms with Gasteiger partial charge in [-0.1, -0.05) is 37.3 Å². The third-order valence-electron chi connectivity index (χ3n) is 3.69. The summed E-state index contributed by atoms with van der Waals surface area (Å²) in [5, 5.41) is 10.7. The van der Waals surface area contributed by atoms with Crippen LogP contribution >= 0.6 is 0 Å². The summed E-state index contributed by atoms with van der Waals surface area (Å²) in [6, 6.07) is 9.68. The van der Waals surface area contributed by atoms with Crippen LogP contribution in [-0.4, -0.2) is 49.4 Å². The minimum Gasteiger partial charge on any atom is -0.384 e. The Balaban J connectivity index is 2.55. The first-order valence-electron chi connectivity index (χ1n) is 7.44. The Labute approximate surface area is 122 Å². The molecule has 1 unspecified atom stereocenters. The highest BCUT2D eigenvalue weighted by Gasteiger charge is 2.27. The van der Waals surface area contributed by atoms with Crippen molar-refractivity contribution in [1.29, 1.82) is 0 Å². The maximum absolute atomic E-state index is 10.7. The quantitative estimate of drug-likeness (QED) is 0.639. The summed E-state index contributed by atoms with van der Waals surface area (Å²) in [5.41, 5.74) is 5.74. The number of benzene rings is 1. The zero-order chi connectivity index (χ0) is 14.8. The van der Waals surface area contributed by atoms with Crippen molar-refractivity contribution >= 4 is 0 Å². The number of aliphatic hydroxyl groups is 1. The maximum Gasteiger partial charge on any atom is 0.103 e. The third kappa shape index (κ3) is 5.21. The van der Waals surface area contributed by atoms with Crippen LogP contribution < -0.4 is 5.73 Å². The van der Waals surface area contributed by atoms with Gasteiger partial charge in [0.05, 0.1) is 6.61 Å². The number of hydrogen-bond donors (Lipinski definition) is 2. The van der Waals surface area contributed by atoms with Crippen LogP contribution in [0, 0.1) is 0 Å². The number of rotatable bonds is 10. The van der Waals surface area contributed by atoms with E-state index in [1.807, 2.05) is 37.3 Å². The fraction of sp³-hybridized carbons (Fsp3) is 0.625. The highest BCUT2D eigenvalue weighted by atomic mass is 16.5. The van der Waals surface area contributed by atoms with Crippen LogP contribution in [0.25, 0.3) is 0 Å². The second kappa shape index (κ2) is 9.08. The lowest BCUT2D eigenvalue weighted by atomic mass is 9.90. The van der Waals surface area contributed by atoms with Crippen molar-refractivity contribution in [2.24, 2.45) is 5.73 Å². The van der Waals surface area contributed by atoms with Crippen molar-refractivity contribution in [3.05, 3.63) is 35.9 Å². The summed E-state index contributed by atoms with van der Waals surface area (Å²) < 4.78 is 5.38. The second-order valence-electron chi connectivity index (χ2n) is 4.98. The van der Waals surface area contributed by atoms with Gasteiger partial charge in [-0.25, -0.2) is 0 Å². The van der Waals surface area contributed by atoms with Gasteiger partial charge in [0.1, 0.15) is 5.60 Å². The van der Waals surface area contributed by atoms with E-state index in [0.29, 0.717) is 6.42 Å². The Hall–Kier alpha value is -0.940. The molecule has 114 valence electrons. The van der Waals surface area contributed by atoms with Crippen molar-refractivity contribution < 1.29 is 9.84 Å². The minimum atomic E-state index is -0.944. The van der Waals surface area contributed by atoms with Crippen molar-refractivity contribution in [1.82, 2.24) is 4.90 Å². The van der Waals surface area contributed by atoms with Crippen molar-refractivity contribution in [3.63, 3.8) is 0 Å². The summed E-state index contributed by atoms with van der Waals surface area (Å²) >= 11 is 0. The summed E-state index contributed by atoms with van der Waals surface area (Å²) in [6.45, 7) is 8.48. The van der Waals surface area contributed by atoms with Gasteiger partial charge in [-0.15, -0.1) is 0 Å². The fourth-order valence-electron chi connectivity index (χ4n) is 2.22. The molecule has 0 spiro atoms. The number of nitrogens with two attached hydrogens (primary N) is 1. The summed E-state index contributed by atoms with van der Waals surface area (Å²) in [5.74, 6) is 0. The molecule has 1 atom stereocenters. The Kier molecular flexibility index (Phi) is 7.77. The van der Waals surface area contributed by atoms with Gasteiger partial charge in [-0.05, 0) is 25.5 Å². The zero-order valence-corrected chi connectivity index (χ0v) is 12.7. The van der Waals surface area contributed by atoms with E-state index in [-0.39, 0.29) is 6.54 Å². The largest absolute Gasteiger partial charge is 0.384 e. The van der Waals surface area contributed by atoms with Crippen molar-refractivity contribution in [2.75, 3.05) is 39.4 Å². The topological polar surface area (TPSA) is 58.7 Å². The molecule has 0 aliphatic rings. The number of ether oxygens (including phenoxy) is 1. The van der Waals surface area contributed by atoms with Gasteiger partial charge < -0.3 is 20.5 Å². The summed E-state index contributed by atoms with van der Waals surface area (Å²) in [6.07, 6.45) is 0.632. The standard InChI is InChI=1S/C16H28N2O2/c1-3-18(12-13-20-4-2)11-10-16(19,14-17)15-8-6-5-7-9-15/h5-9,19H,3-4,10-14,17H2,1-2H3. The Morgan fingerprint density at radius 2 is 1.90 bits per heavy atom. The van der Waals surface area contributed by atoms with Gasteiger partial charge in [-0.2, -0.15) is 0 Å². The fourth-order valence-corrected chi connectivity index (χ4v) is 2.22. The van der Waals surface area contributed by atoms with Crippen LogP contribution in [0.15, 0.2) is 30.3 Å². The molecular weight excluding hydrogens is 252 g/mol. The van der Waals surface area contributed by atoms with E-state index < -0.39 is 5.60 Å². The van der Waals surface area contributed by atoms with E-state index >= 15 is 0 Å². The van der Waals surface area contributed by atoms with Gasteiger partial charge in [-0.3, -0.25) is 0 Å².